The molecule has 3 heterocycles. The van der Waals surface area contributed by atoms with Gasteiger partial charge in [-0.15, -0.1) is 0 Å². The quantitative estimate of drug-likeness (QED) is 0.884. The number of pyridine rings is 1. The van der Waals surface area contributed by atoms with Crippen molar-refractivity contribution >= 4 is 11.9 Å². The van der Waals surface area contributed by atoms with E-state index in [0.29, 0.717) is 18.9 Å². The van der Waals surface area contributed by atoms with Gasteiger partial charge in [0, 0.05) is 24.7 Å². The molecule has 1 saturated heterocycles. The molecule has 1 fully saturated rings. The van der Waals surface area contributed by atoms with Crippen molar-refractivity contribution in [3.8, 4) is 0 Å². The monoisotopic (exact) mass is 353 g/mol. The normalized spacial score (nSPS) is 24.2. The lowest BCUT2D eigenvalue weighted by Gasteiger charge is -2.26. The van der Waals surface area contributed by atoms with Crippen molar-refractivity contribution < 1.29 is 14.6 Å². The van der Waals surface area contributed by atoms with E-state index in [2.05, 4.69) is 16.4 Å². The fourth-order valence-electron chi connectivity index (χ4n) is 3.90. The van der Waals surface area contributed by atoms with Crippen molar-refractivity contribution in [1.82, 2.24) is 9.88 Å². The van der Waals surface area contributed by atoms with E-state index < -0.39 is 6.10 Å². The van der Waals surface area contributed by atoms with Crippen LogP contribution in [0.15, 0.2) is 48.7 Å². The van der Waals surface area contributed by atoms with Crippen molar-refractivity contribution in [3.63, 3.8) is 0 Å². The molecule has 3 atom stereocenters. The molecular weight excluding hydrogens is 330 g/mol. The number of hydrogen-bond donors (Lipinski definition) is 2. The van der Waals surface area contributed by atoms with E-state index in [-0.39, 0.29) is 18.7 Å². The predicted octanol–water partition coefficient (Wildman–Crippen LogP) is 2.75. The Kier molecular flexibility index (Phi) is 4.75. The third kappa shape index (κ3) is 3.51. The first-order valence-electron chi connectivity index (χ1n) is 9.05. The number of rotatable bonds is 4. The first-order valence-corrected chi connectivity index (χ1v) is 9.05. The first kappa shape index (κ1) is 16.8. The highest BCUT2D eigenvalue weighted by atomic mass is 16.6. The fraction of sp³-hybridized carbons (Fsp3) is 0.400. The van der Waals surface area contributed by atoms with Crippen LogP contribution in [0.5, 0.6) is 0 Å². The molecule has 0 spiro atoms. The van der Waals surface area contributed by atoms with Crippen LogP contribution in [-0.4, -0.2) is 46.3 Å². The highest BCUT2D eigenvalue weighted by Gasteiger charge is 2.38. The van der Waals surface area contributed by atoms with Crippen LogP contribution in [0.2, 0.25) is 0 Å². The van der Waals surface area contributed by atoms with Gasteiger partial charge in [0.2, 0.25) is 0 Å². The zero-order valence-electron chi connectivity index (χ0n) is 14.5. The highest BCUT2D eigenvalue weighted by Crippen LogP contribution is 2.36. The molecule has 2 aromatic rings. The molecule has 0 aliphatic carbocycles. The highest BCUT2D eigenvalue weighted by molar-refractivity contribution is 5.68. The molecule has 2 aliphatic rings. The van der Waals surface area contributed by atoms with Gasteiger partial charge in [0.15, 0.2) is 0 Å². The SMILES string of the molecule is O=C(OCc1ccccc1)N1C[C@H](O)C[C@H]1CC1CNc2ncccc21. The Morgan fingerprint density at radius 2 is 2.12 bits per heavy atom. The summed E-state index contributed by atoms with van der Waals surface area (Å²) in [6.45, 7) is 1.39. The molecule has 0 saturated carbocycles. The van der Waals surface area contributed by atoms with Crippen molar-refractivity contribution in [2.24, 2.45) is 0 Å². The number of amides is 1. The van der Waals surface area contributed by atoms with E-state index in [0.717, 1.165) is 24.3 Å². The lowest BCUT2D eigenvalue weighted by molar-refractivity contribution is 0.0859. The number of likely N-dealkylation sites (tertiary alicyclic amines) is 1. The summed E-state index contributed by atoms with van der Waals surface area (Å²) in [5, 5.41) is 13.4. The summed E-state index contributed by atoms with van der Waals surface area (Å²) in [6.07, 6.45) is 2.32. The number of fused-ring (bicyclic) bond motifs is 1. The number of β-amino-alcohol motifs (C(OH)–C–C–N with tert-alkyl or cyclic N) is 1. The molecule has 4 rings (SSSR count). The van der Waals surface area contributed by atoms with Crippen LogP contribution < -0.4 is 5.32 Å². The number of aliphatic hydroxyl groups excluding tert-OH is 1. The molecular formula is C20H23N3O3. The Balaban J connectivity index is 1.40. The van der Waals surface area contributed by atoms with Gasteiger partial charge in [-0.25, -0.2) is 9.78 Å². The molecule has 1 aromatic carbocycles. The number of nitrogens with zero attached hydrogens (tertiary/aromatic N) is 2. The molecule has 2 aliphatic heterocycles. The Morgan fingerprint density at radius 3 is 2.96 bits per heavy atom. The van der Waals surface area contributed by atoms with Crippen LogP contribution in [0.25, 0.3) is 0 Å². The molecule has 1 amide bonds. The number of nitrogens with one attached hydrogen (secondary N) is 1. The maximum absolute atomic E-state index is 12.6. The minimum Gasteiger partial charge on any atom is -0.445 e. The number of aromatic nitrogens is 1. The summed E-state index contributed by atoms with van der Waals surface area (Å²) in [7, 11) is 0. The van der Waals surface area contributed by atoms with E-state index in [9.17, 15) is 9.90 Å². The number of ether oxygens (including phenoxy) is 1. The lowest BCUT2D eigenvalue weighted by atomic mass is 9.93. The average molecular weight is 353 g/mol. The van der Waals surface area contributed by atoms with Crippen molar-refractivity contribution in [3.05, 3.63) is 59.8 Å². The van der Waals surface area contributed by atoms with Crippen LogP contribution in [-0.2, 0) is 11.3 Å². The van der Waals surface area contributed by atoms with Crippen molar-refractivity contribution in [2.75, 3.05) is 18.4 Å². The van der Waals surface area contributed by atoms with Gasteiger partial charge in [0.25, 0.3) is 0 Å². The second-order valence-corrected chi connectivity index (χ2v) is 6.99. The number of carbonyl (C=O) groups excluding carboxylic acids is 1. The topological polar surface area (TPSA) is 74.7 Å². The average Bonchev–Trinajstić information content (AvgIpc) is 3.24. The minimum absolute atomic E-state index is 0.0220. The van der Waals surface area contributed by atoms with Crippen LogP contribution in [0.4, 0.5) is 10.6 Å². The summed E-state index contributed by atoms with van der Waals surface area (Å²) >= 11 is 0. The molecule has 1 unspecified atom stereocenters. The Bertz CT molecular complexity index is 768. The van der Waals surface area contributed by atoms with Gasteiger partial charge in [-0.05, 0) is 30.0 Å². The summed E-state index contributed by atoms with van der Waals surface area (Å²) in [5.74, 6) is 1.22. The van der Waals surface area contributed by atoms with Gasteiger partial charge in [0.1, 0.15) is 12.4 Å². The molecule has 0 bridgehead atoms. The summed E-state index contributed by atoms with van der Waals surface area (Å²) in [4.78, 5) is 18.6. The third-order valence-electron chi connectivity index (χ3n) is 5.18. The molecule has 1 aromatic heterocycles. The maximum atomic E-state index is 12.6. The van der Waals surface area contributed by atoms with Gasteiger partial charge < -0.3 is 20.1 Å². The molecule has 26 heavy (non-hydrogen) atoms. The first-order chi connectivity index (χ1) is 12.7. The van der Waals surface area contributed by atoms with Gasteiger partial charge in [0.05, 0.1) is 12.6 Å². The fourth-order valence-corrected chi connectivity index (χ4v) is 3.90. The van der Waals surface area contributed by atoms with E-state index in [1.54, 1.807) is 11.1 Å². The zero-order chi connectivity index (χ0) is 17.9. The second-order valence-electron chi connectivity index (χ2n) is 6.99. The largest absolute Gasteiger partial charge is 0.445 e. The summed E-state index contributed by atoms with van der Waals surface area (Å²) in [5.41, 5.74) is 2.14. The molecule has 6 nitrogen and oxygen atoms in total. The summed E-state index contributed by atoms with van der Waals surface area (Å²) in [6, 6.07) is 13.6. The maximum Gasteiger partial charge on any atom is 0.410 e. The molecule has 2 N–H and O–H groups in total. The standard InChI is InChI=1S/C20H23N3O3/c24-17-10-16(9-15-11-22-19-18(15)7-4-8-21-19)23(12-17)20(25)26-13-14-5-2-1-3-6-14/h1-8,15-17,24H,9-13H2,(H,21,22)/t15?,16-,17-/m1/s1. The van der Waals surface area contributed by atoms with Gasteiger partial charge >= 0.3 is 6.09 Å². The number of benzene rings is 1. The third-order valence-corrected chi connectivity index (χ3v) is 5.18. The molecule has 0 radical (unpaired) electrons. The zero-order valence-corrected chi connectivity index (χ0v) is 14.5. The Labute approximate surface area is 152 Å². The van der Waals surface area contributed by atoms with E-state index in [4.69, 9.17) is 4.74 Å². The van der Waals surface area contributed by atoms with Crippen LogP contribution in [0.1, 0.15) is 29.9 Å². The Hall–Kier alpha value is -2.60. The second kappa shape index (κ2) is 7.33. The number of hydrogen-bond acceptors (Lipinski definition) is 5. The smallest absolute Gasteiger partial charge is 0.410 e. The van der Waals surface area contributed by atoms with Crippen LogP contribution in [0, 0.1) is 0 Å². The predicted molar refractivity (Wildman–Crippen MR) is 97.8 cm³/mol. The molecule has 136 valence electrons. The van der Waals surface area contributed by atoms with Crippen molar-refractivity contribution in [2.45, 2.75) is 37.5 Å². The molecule has 6 heteroatoms. The van der Waals surface area contributed by atoms with Crippen molar-refractivity contribution in [1.29, 1.82) is 0 Å². The summed E-state index contributed by atoms with van der Waals surface area (Å²) < 4.78 is 5.47. The van der Waals surface area contributed by atoms with E-state index >= 15 is 0 Å². The van der Waals surface area contributed by atoms with Gasteiger partial charge in [-0.1, -0.05) is 36.4 Å². The van der Waals surface area contributed by atoms with E-state index in [1.165, 1.54) is 5.56 Å². The Morgan fingerprint density at radius 1 is 1.27 bits per heavy atom. The number of carbonyl (C=O) groups is 1. The van der Waals surface area contributed by atoms with E-state index in [1.807, 2.05) is 36.4 Å². The van der Waals surface area contributed by atoms with Crippen LogP contribution in [0.3, 0.4) is 0 Å². The minimum atomic E-state index is -0.494. The van der Waals surface area contributed by atoms with Gasteiger partial charge in [-0.3, -0.25) is 0 Å². The van der Waals surface area contributed by atoms with Crippen LogP contribution >= 0.6 is 0 Å². The lowest BCUT2D eigenvalue weighted by Crippen LogP contribution is -2.37. The van der Waals surface area contributed by atoms with Gasteiger partial charge in [-0.2, -0.15) is 0 Å². The number of aliphatic hydroxyl groups is 1. The number of anilines is 1.